The highest BCUT2D eigenvalue weighted by molar-refractivity contribution is 5.75. The summed E-state index contributed by atoms with van der Waals surface area (Å²) in [5, 5.41) is 2.88. The van der Waals surface area contributed by atoms with Crippen molar-refractivity contribution in [2.75, 3.05) is 6.54 Å². The number of benzene rings is 1. The van der Waals surface area contributed by atoms with Gasteiger partial charge in [-0.2, -0.15) is 0 Å². The molecule has 0 radical (unpaired) electrons. The lowest BCUT2D eigenvalue weighted by Gasteiger charge is -2.13. The van der Waals surface area contributed by atoms with Crippen LogP contribution in [-0.2, 0) is 11.2 Å². The molecule has 0 heterocycles. The first kappa shape index (κ1) is 14.6. The van der Waals surface area contributed by atoms with E-state index in [2.05, 4.69) is 17.4 Å². The van der Waals surface area contributed by atoms with Gasteiger partial charge in [-0.1, -0.05) is 19.1 Å². The number of ether oxygens (including phenoxy) is 1. The van der Waals surface area contributed by atoms with E-state index in [-0.39, 0.29) is 12.0 Å². The van der Waals surface area contributed by atoms with Crippen LogP contribution in [0, 0.1) is 6.92 Å². The summed E-state index contributed by atoms with van der Waals surface area (Å²) in [6.07, 6.45) is 1.59. The summed E-state index contributed by atoms with van der Waals surface area (Å²) >= 11 is 0. The molecule has 1 aromatic rings. The Bertz CT molecular complexity index is 399. The molecular formula is C15H23NO2. The van der Waals surface area contributed by atoms with Crippen LogP contribution in [0.15, 0.2) is 18.2 Å². The van der Waals surface area contributed by atoms with E-state index in [0.29, 0.717) is 13.0 Å². The van der Waals surface area contributed by atoms with Crippen LogP contribution in [0.4, 0.5) is 0 Å². The summed E-state index contributed by atoms with van der Waals surface area (Å²) < 4.78 is 5.69. The van der Waals surface area contributed by atoms with Gasteiger partial charge in [-0.05, 0) is 44.4 Å². The fraction of sp³-hybridized carbons (Fsp3) is 0.533. The normalized spacial score (nSPS) is 10.5. The summed E-state index contributed by atoms with van der Waals surface area (Å²) in [6, 6.07) is 6.19. The molecule has 0 spiro atoms. The monoisotopic (exact) mass is 249 g/mol. The molecule has 0 saturated carbocycles. The Morgan fingerprint density at radius 3 is 2.67 bits per heavy atom. The van der Waals surface area contributed by atoms with E-state index in [1.807, 2.05) is 33.8 Å². The van der Waals surface area contributed by atoms with Crippen LogP contribution in [-0.4, -0.2) is 18.6 Å². The highest BCUT2D eigenvalue weighted by atomic mass is 16.5. The van der Waals surface area contributed by atoms with Gasteiger partial charge < -0.3 is 10.1 Å². The van der Waals surface area contributed by atoms with Gasteiger partial charge in [0.1, 0.15) is 5.75 Å². The zero-order chi connectivity index (χ0) is 13.5. The van der Waals surface area contributed by atoms with Crippen LogP contribution in [0.3, 0.4) is 0 Å². The van der Waals surface area contributed by atoms with E-state index in [9.17, 15) is 4.79 Å². The van der Waals surface area contributed by atoms with Crippen LogP contribution in [0.25, 0.3) is 0 Å². The topological polar surface area (TPSA) is 38.3 Å². The molecule has 1 N–H and O–H groups in total. The lowest BCUT2D eigenvalue weighted by atomic mass is 10.1. The van der Waals surface area contributed by atoms with E-state index in [1.54, 1.807) is 0 Å². The second-order valence-electron chi connectivity index (χ2n) is 4.72. The third kappa shape index (κ3) is 4.78. The van der Waals surface area contributed by atoms with Gasteiger partial charge >= 0.3 is 0 Å². The van der Waals surface area contributed by atoms with Crippen molar-refractivity contribution in [1.82, 2.24) is 5.32 Å². The molecule has 100 valence electrons. The van der Waals surface area contributed by atoms with Crippen molar-refractivity contribution in [3.05, 3.63) is 29.3 Å². The van der Waals surface area contributed by atoms with Gasteiger partial charge in [-0.3, -0.25) is 4.79 Å². The number of rotatable bonds is 6. The Hall–Kier alpha value is -1.51. The third-order valence-electron chi connectivity index (χ3n) is 2.66. The van der Waals surface area contributed by atoms with Gasteiger partial charge in [0.2, 0.25) is 5.91 Å². The Balaban J connectivity index is 2.53. The standard InChI is InChI=1S/C15H23NO2/c1-5-15(17)16-9-8-13-6-7-14(12(4)10-13)18-11(2)3/h6-7,10-11H,5,8-9H2,1-4H3,(H,16,17). The summed E-state index contributed by atoms with van der Waals surface area (Å²) in [5.74, 6) is 1.04. The molecule has 0 unspecified atom stereocenters. The Morgan fingerprint density at radius 1 is 1.39 bits per heavy atom. The zero-order valence-electron chi connectivity index (χ0n) is 11.7. The van der Waals surface area contributed by atoms with Gasteiger partial charge in [-0.25, -0.2) is 0 Å². The van der Waals surface area contributed by atoms with E-state index >= 15 is 0 Å². The van der Waals surface area contributed by atoms with Crippen molar-refractivity contribution in [1.29, 1.82) is 0 Å². The second-order valence-corrected chi connectivity index (χ2v) is 4.72. The smallest absolute Gasteiger partial charge is 0.219 e. The largest absolute Gasteiger partial charge is 0.491 e. The van der Waals surface area contributed by atoms with Gasteiger partial charge in [0.05, 0.1) is 6.10 Å². The highest BCUT2D eigenvalue weighted by Gasteiger charge is 2.04. The molecule has 0 atom stereocenters. The molecule has 0 aliphatic carbocycles. The summed E-state index contributed by atoms with van der Waals surface area (Å²) in [6.45, 7) is 8.64. The number of hydrogen-bond acceptors (Lipinski definition) is 2. The Morgan fingerprint density at radius 2 is 2.11 bits per heavy atom. The van der Waals surface area contributed by atoms with Crippen molar-refractivity contribution >= 4 is 5.91 Å². The van der Waals surface area contributed by atoms with E-state index < -0.39 is 0 Å². The Labute approximate surface area is 110 Å². The molecular weight excluding hydrogens is 226 g/mol. The number of carbonyl (C=O) groups excluding carboxylic acids is 1. The summed E-state index contributed by atoms with van der Waals surface area (Å²) in [7, 11) is 0. The SMILES string of the molecule is CCC(=O)NCCc1ccc(OC(C)C)c(C)c1. The molecule has 1 aromatic carbocycles. The first-order valence-corrected chi connectivity index (χ1v) is 6.55. The molecule has 0 fully saturated rings. The number of aryl methyl sites for hydroxylation is 1. The predicted octanol–water partition coefficient (Wildman–Crippen LogP) is 2.85. The van der Waals surface area contributed by atoms with Gasteiger partial charge in [-0.15, -0.1) is 0 Å². The molecule has 0 aliphatic rings. The van der Waals surface area contributed by atoms with Crippen LogP contribution in [0.2, 0.25) is 0 Å². The van der Waals surface area contributed by atoms with Crippen molar-refractivity contribution in [2.24, 2.45) is 0 Å². The minimum absolute atomic E-state index is 0.103. The minimum Gasteiger partial charge on any atom is -0.491 e. The molecule has 0 aromatic heterocycles. The van der Waals surface area contributed by atoms with E-state index in [4.69, 9.17) is 4.74 Å². The number of nitrogens with one attached hydrogen (secondary N) is 1. The average Bonchev–Trinajstić information content (AvgIpc) is 2.32. The van der Waals surface area contributed by atoms with Crippen molar-refractivity contribution in [3.63, 3.8) is 0 Å². The molecule has 0 bridgehead atoms. The lowest BCUT2D eigenvalue weighted by molar-refractivity contribution is -0.120. The first-order valence-electron chi connectivity index (χ1n) is 6.55. The van der Waals surface area contributed by atoms with Crippen molar-refractivity contribution in [3.8, 4) is 5.75 Å². The summed E-state index contributed by atoms with van der Waals surface area (Å²) in [4.78, 5) is 11.1. The van der Waals surface area contributed by atoms with Crippen molar-refractivity contribution in [2.45, 2.75) is 46.6 Å². The molecule has 1 rings (SSSR count). The second kappa shape index (κ2) is 7.04. The Kier molecular flexibility index (Phi) is 5.69. The van der Waals surface area contributed by atoms with Gasteiger partial charge in [0.15, 0.2) is 0 Å². The fourth-order valence-corrected chi connectivity index (χ4v) is 1.72. The molecule has 0 saturated heterocycles. The van der Waals surface area contributed by atoms with Crippen LogP contribution >= 0.6 is 0 Å². The zero-order valence-corrected chi connectivity index (χ0v) is 11.7. The van der Waals surface area contributed by atoms with Crippen LogP contribution in [0.5, 0.6) is 5.75 Å². The maximum Gasteiger partial charge on any atom is 0.219 e. The number of amides is 1. The van der Waals surface area contributed by atoms with Crippen molar-refractivity contribution < 1.29 is 9.53 Å². The molecule has 3 nitrogen and oxygen atoms in total. The molecule has 0 aliphatic heterocycles. The lowest BCUT2D eigenvalue weighted by Crippen LogP contribution is -2.24. The van der Waals surface area contributed by atoms with Crippen LogP contribution in [0.1, 0.15) is 38.3 Å². The fourth-order valence-electron chi connectivity index (χ4n) is 1.72. The predicted molar refractivity (Wildman–Crippen MR) is 73.9 cm³/mol. The number of carbonyl (C=O) groups is 1. The van der Waals surface area contributed by atoms with Gasteiger partial charge in [0, 0.05) is 13.0 Å². The quantitative estimate of drug-likeness (QED) is 0.842. The number of hydrogen-bond donors (Lipinski definition) is 1. The third-order valence-corrected chi connectivity index (χ3v) is 2.66. The highest BCUT2D eigenvalue weighted by Crippen LogP contribution is 2.20. The maximum atomic E-state index is 11.1. The van der Waals surface area contributed by atoms with E-state index in [1.165, 1.54) is 5.56 Å². The summed E-state index contributed by atoms with van der Waals surface area (Å²) in [5.41, 5.74) is 2.36. The van der Waals surface area contributed by atoms with Gasteiger partial charge in [0.25, 0.3) is 0 Å². The molecule has 3 heteroatoms. The molecule has 1 amide bonds. The van der Waals surface area contributed by atoms with Crippen LogP contribution < -0.4 is 10.1 Å². The minimum atomic E-state index is 0.103. The maximum absolute atomic E-state index is 11.1. The first-order chi connectivity index (χ1) is 8.52. The average molecular weight is 249 g/mol. The van der Waals surface area contributed by atoms with E-state index in [0.717, 1.165) is 17.7 Å². The molecule has 18 heavy (non-hydrogen) atoms.